The number of hydrogen-bond donors (Lipinski definition) is 2. The average Bonchev–Trinajstić information content (AvgIpc) is 2.46. The zero-order valence-electron chi connectivity index (χ0n) is 13.5. The fraction of sp³-hybridized carbons (Fsp3) is 0.588. The molecule has 128 valence electrons. The Hall–Kier alpha value is -1.56. The maximum Gasteiger partial charge on any atom is 0.303 e. The first kappa shape index (κ1) is 17.8. The number of aryl methyl sites for hydroxylation is 1. The minimum atomic E-state index is -2.89. The lowest BCUT2D eigenvalue weighted by atomic mass is 9.87. The minimum absolute atomic E-state index is 0.139. The van der Waals surface area contributed by atoms with Gasteiger partial charge in [0.05, 0.1) is 5.75 Å². The standard InChI is InChI=1S/C17H25NO4S/c1-23(21,22)12-14-5-8-15(9-6-14)18-16-4-2-3-13(11-16)7-10-17(19)20/h2-4,11,14-15,18H,5-10,12H2,1H3,(H,19,20). The molecule has 0 atom stereocenters. The smallest absolute Gasteiger partial charge is 0.303 e. The van der Waals surface area contributed by atoms with Gasteiger partial charge in [-0.1, -0.05) is 12.1 Å². The molecule has 1 aromatic carbocycles. The number of anilines is 1. The van der Waals surface area contributed by atoms with Gasteiger partial charge in [0.15, 0.2) is 0 Å². The van der Waals surface area contributed by atoms with Gasteiger partial charge in [-0.15, -0.1) is 0 Å². The van der Waals surface area contributed by atoms with Crippen molar-refractivity contribution in [2.45, 2.75) is 44.6 Å². The van der Waals surface area contributed by atoms with Gasteiger partial charge >= 0.3 is 5.97 Å². The highest BCUT2D eigenvalue weighted by Crippen LogP contribution is 2.27. The average molecular weight is 339 g/mol. The van der Waals surface area contributed by atoms with Crippen LogP contribution in [0.1, 0.15) is 37.7 Å². The molecule has 0 heterocycles. The summed E-state index contributed by atoms with van der Waals surface area (Å²) in [5.41, 5.74) is 2.03. The lowest BCUT2D eigenvalue weighted by molar-refractivity contribution is -0.136. The fourth-order valence-electron chi connectivity index (χ4n) is 3.21. The molecule has 0 radical (unpaired) electrons. The van der Waals surface area contributed by atoms with E-state index in [-0.39, 0.29) is 12.3 Å². The fourth-order valence-corrected chi connectivity index (χ4v) is 4.39. The summed E-state index contributed by atoms with van der Waals surface area (Å²) < 4.78 is 22.7. The summed E-state index contributed by atoms with van der Waals surface area (Å²) in [5.74, 6) is -0.206. The molecule has 2 N–H and O–H groups in total. The first-order valence-corrected chi connectivity index (χ1v) is 10.1. The highest BCUT2D eigenvalue weighted by atomic mass is 32.2. The monoisotopic (exact) mass is 339 g/mol. The Morgan fingerprint density at radius 1 is 1.26 bits per heavy atom. The Kier molecular flexibility index (Phi) is 6.04. The summed E-state index contributed by atoms with van der Waals surface area (Å²) in [4.78, 5) is 10.6. The maximum atomic E-state index is 11.4. The van der Waals surface area contributed by atoms with E-state index in [1.807, 2.05) is 24.3 Å². The molecule has 1 aliphatic rings. The van der Waals surface area contributed by atoms with Crippen molar-refractivity contribution in [2.24, 2.45) is 5.92 Å². The number of carboxylic acids is 1. The molecular formula is C17H25NO4S. The number of benzene rings is 1. The molecule has 1 saturated carbocycles. The van der Waals surface area contributed by atoms with E-state index in [2.05, 4.69) is 5.32 Å². The van der Waals surface area contributed by atoms with Gasteiger partial charge in [-0.2, -0.15) is 0 Å². The SMILES string of the molecule is CS(=O)(=O)CC1CCC(Nc2cccc(CCC(=O)O)c2)CC1. The molecule has 0 bridgehead atoms. The number of carboxylic acid groups (broad SMARTS) is 1. The normalized spacial score (nSPS) is 21.8. The van der Waals surface area contributed by atoms with E-state index in [9.17, 15) is 13.2 Å². The largest absolute Gasteiger partial charge is 0.481 e. The lowest BCUT2D eigenvalue weighted by Gasteiger charge is -2.29. The van der Waals surface area contributed by atoms with Crippen LogP contribution in [0.4, 0.5) is 5.69 Å². The van der Waals surface area contributed by atoms with Crippen molar-refractivity contribution in [2.75, 3.05) is 17.3 Å². The number of carbonyl (C=O) groups is 1. The summed E-state index contributed by atoms with van der Waals surface area (Å²) in [6, 6.07) is 8.24. The second kappa shape index (κ2) is 7.81. The molecule has 6 heteroatoms. The molecule has 5 nitrogen and oxygen atoms in total. The third-order valence-electron chi connectivity index (χ3n) is 4.31. The second-order valence-corrected chi connectivity index (χ2v) is 8.73. The van der Waals surface area contributed by atoms with Crippen molar-refractivity contribution >= 4 is 21.5 Å². The molecule has 0 saturated heterocycles. The van der Waals surface area contributed by atoms with Crippen LogP contribution in [-0.4, -0.2) is 37.5 Å². The quantitative estimate of drug-likeness (QED) is 0.798. The van der Waals surface area contributed by atoms with Gasteiger partial charge in [0.2, 0.25) is 0 Å². The van der Waals surface area contributed by atoms with Gasteiger partial charge in [-0.25, -0.2) is 8.42 Å². The Bertz CT molecular complexity index is 634. The van der Waals surface area contributed by atoms with E-state index in [1.165, 1.54) is 6.26 Å². The molecule has 0 unspecified atom stereocenters. The van der Waals surface area contributed by atoms with E-state index < -0.39 is 15.8 Å². The summed E-state index contributed by atoms with van der Waals surface area (Å²) >= 11 is 0. The number of rotatable bonds is 7. The first-order valence-electron chi connectivity index (χ1n) is 8.07. The van der Waals surface area contributed by atoms with Crippen LogP contribution in [-0.2, 0) is 21.1 Å². The minimum Gasteiger partial charge on any atom is -0.481 e. The van der Waals surface area contributed by atoms with Crippen LogP contribution >= 0.6 is 0 Å². The van der Waals surface area contributed by atoms with E-state index >= 15 is 0 Å². The van der Waals surface area contributed by atoms with Crippen LogP contribution in [0.5, 0.6) is 0 Å². The van der Waals surface area contributed by atoms with E-state index in [1.54, 1.807) is 0 Å². The van der Waals surface area contributed by atoms with Crippen LogP contribution in [0.3, 0.4) is 0 Å². The Morgan fingerprint density at radius 2 is 1.96 bits per heavy atom. The molecule has 1 fully saturated rings. The predicted octanol–water partition coefficient (Wildman–Crippen LogP) is 2.72. The predicted molar refractivity (Wildman–Crippen MR) is 91.5 cm³/mol. The Morgan fingerprint density at radius 3 is 2.57 bits per heavy atom. The zero-order chi connectivity index (χ0) is 16.9. The number of hydrogen-bond acceptors (Lipinski definition) is 4. The van der Waals surface area contributed by atoms with Crippen LogP contribution in [0, 0.1) is 5.92 Å². The first-order chi connectivity index (χ1) is 10.8. The molecule has 0 spiro atoms. The van der Waals surface area contributed by atoms with Gasteiger partial charge in [0, 0.05) is 24.4 Å². The molecule has 0 aromatic heterocycles. The number of aliphatic carboxylic acids is 1. The maximum absolute atomic E-state index is 11.4. The number of nitrogens with one attached hydrogen (secondary N) is 1. The third-order valence-corrected chi connectivity index (χ3v) is 5.39. The van der Waals surface area contributed by atoms with Crippen molar-refractivity contribution in [1.82, 2.24) is 0 Å². The van der Waals surface area contributed by atoms with Crippen LogP contribution in [0.15, 0.2) is 24.3 Å². The zero-order valence-corrected chi connectivity index (χ0v) is 14.3. The molecule has 1 aliphatic carbocycles. The highest BCUT2D eigenvalue weighted by Gasteiger charge is 2.23. The molecule has 1 aromatic rings. The van der Waals surface area contributed by atoms with Crippen molar-refractivity contribution in [3.8, 4) is 0 Å². The van der Waals surface area contributed by atoms with E-state index in [0.29, 0.717) is 18.2 Å². The Labute approximate surface area is 138 Å². The van der Waals surface area contributed by atoms with Crippen molar-refractivity contribution in [3.05, 3.63) is 29.8 Å². The van der Waals surface area contributed by atoms with E-state index in [0.717, 1.165) is 36.9 Å². The molecular weight excluding hydrogens is 314 g/mol. The number of sulfone groups is 1. The molecule has 2 rings (SSSR count). The van der Waals surface area contributed by atoms with Crippen molar-refractivity contribution in [3.63, 3.8) is 0 Å². The molecule has 23 heavy (non-hydrogen) atoms. The van der Waals surface area contributed by atoms with Crippen molar-refractivity contribution in [1.29, 1.82) is 0 Å². The van der Waals surface area contributed by atoms with Gasteiger partial charge in [-0.05, 0) is 55.7 Å². The van der Waals surface area contributed by atoms with Crippen LogP contribution in [0.25, 0.3) is 0 Å². The topological polar surface area (TPSA) is 83.5 Å². The summed E-state index contributed by atoms with van der Waals surface area (Å²) in [5, 5.41) is 12.2. The van der Waals surface area contributed by atoms with Crippen molar-refractivity contribution < 1.29 is 18.3 Å². The van der Waals surface area contributed by atoms with Gasteiger partial charge < -0.3 is 10.4 Å². The van der Waals surface area contributed by atoms with Crippen LogP contribution < -0.4 is 5.32 Å². The molecule has 0 aliphatic heterocycles. The highest BCUT2D eigenvalue weighted by molar-refractivity contribution is 7.90. The summed E-state index contributed by atoms with van der Waals surface area (Å²) in [6.45, 7) is 0. The van der Waals surface area contributed by atoms with Gasteiger partial charge in [-0.3, -0.25) is 4.79 Å². The second-order valence-electron chi connectivity index (χ2n) is 6.55. The van der Waals surface area contributed by atoms with Gasteiger partial charge in [0.1, 0.15) is 9.84 Å². The third kappa shape index (κ3) is 6.60. The Balaban J connectivity index is 1.84. The van der Waals surface area contributed by atoms with Crippen LogP contribution in [0.2, 0.25) is 0 Å². The molecule has 0 amide bonds. The summed E-state index contributed by atoms with van der Waals surface area (Å²) in [7, 11) is -2.89. The van der Waals surface area contributed by atoms with E-state index in [4.69, 9.17) is 5.11 Å². The summed E-state index contributed by atoms with van der Waals surface area (Å²) in [6.07, 6.45) is 5.79. The van der Waals surface area contributed by atoms with Gasteiger partial charge in [0.25, 0.3) is 0 Å². The lowest BCUT2D eigenvalue weighted by Crippen LogP contribution is -2.28.